The fraction of sp³-hybridized carbons (Fsp3) is 0.448. The third-order valence-corrected chi connectivity index (χ3v) is 5.83. The van der Waals surface area contributed by atoms with Crippen LogP contribution in [-0.4, -0.2) is 49.6 Å². The van der Waals surface area contributed by atoms with Gasteiger partial charge >= 0.3 is 0 Å². The van der Waals surface area contributed by atoms with Crippen LogP contribution >= 0.6 is 11.6 Å². The van der Waals surface area contributed by atoms with Gasteiger partial charge in [-0.05, 0) is 86.8 Å². The van der Waals surface area contributed by atoms with E-state index in [9.17, 15) is 0 Å². The van der Waals surface area contributed by atoms with E-state index in [0.29, 0.717) is 0 Å². The Morgan fingerprint density at radius 1 is 1.03 bits per heavy atom. The number of nitrogens with zero attached hydrogens (tertiary/aromatic N) is 2. The van der Waals surface area contributed by atoms with Gasteiger partial charge in [0.15, 0.2) is 0 Å². The predicted molar refractivity (Wildman–Crippen MR) is 146 cm³/mol. The molecule has 2 rings (SSSR count). The van der Waals surface area contributed by atoms with E-state index in [1.54, 1.807) is 0 Å². The van der Waals surface area contributed by atoms with Gasteiger partial charge in [0.2, 0.25) is 0 Å². The summed E-state index contributed by atoms with van der Waals surface area (Å²) in [6.07, 6.45) is 4.50. The summed E-state index contributed by atoms with van der Waals surface area (Å²) in [5, 5.41) is 0.742. The zero-order chi connectivity index (χ0) is 24.8. The van der Waals surface area contributed by atoms with Crippen molar-refractivity contribution in [2.24, 2.45) is 0 Å². The fourth-order valence-electron chi connectivity index (χ4n) is 3.13. The molecule has 0 fully saturated rings. The van der Waals surface area contributed by atoms with Gasteiger partial charge in [-0.2, -0.15) is 0 Å². The number of rotatable bonds is 11. The molecule has 0 aliphatic carbocycles. The quantitative estimate of drug-likeness (QED) is 0.315. The standard InChI is InChI=1S/C16H23N.C13H20ClNO/c1-6-14-9-8-10-15(11-14)16(13(3)4)12-17(5)7-2;1-4-12(10-15(3)5-2)16-13-8-6-11(14)7-9-13/h8-12H,3,6-7H2,1-2,4-5H3;6-9,12H,4-5,10H2,1-3H3/b16-12-;. The average Bonchev–Trinajstić information content (AvgIpc) is 2.83. The highest BCUT2D eigenvalue weighted by atomic mass is 35.5. The molecule has 0 radical (unpaired) electrons. The number of ether oxygens (including phenoxy) is 1. The molecule has 0 saturated heterocycles. The SMILES string of the molecule is C=C(C)/C(=C/N(C)CC)c1cccc(CC)c1.CCC(CN(C)CC)Oc1ccc(Cl)cc1. The van der Waals surface area contributed by atoms with E-state index in [1.807, 2.05) is 24.3 Å². The van der Waals surface area contributed by atoms with E-state index in [1.165, 1.54) is 16.7 Å². The number of halogens is 1. The molecule has 0 spiro atoms. The molecule has 182 valence electrons. The summed E-state index contributed by atoms with van der Waals surface area (Å²) in [5.41, 5.74) is 4.97. The molecule has 4 heteroatoms. The summed E-state index contributed by atoms with van der Waals surface area (Å²) in [4.78, 5) is 4.44. The molecule has 3 nitrogen and oxygen atoms in total. The summed E-state index contributed by atoms with van der Waals surface area (Å²) in [6, 6.07) is 16.2. The van der Waals surface area contributed by atoms with Gasteiger partial charge in [0.25, 0.3) is 0 Å². The van der Waals surface area contributed by atoms with Crippen molar-refractivity contribution in [3.63, 3.8) is 0 Å². The zero-order valence-corrected chi connectivity index (χ0v) is 22.5. The molecule has 0 heterocycles. The second-order valence-corrected chi connectivity index (χ2v) is 8.84. The first-order valence-electron chi connectivity index (χ1n) is 12.0. The minimum Gasteiger partial charge on any atom is -0.489 e. The van der Waals surface area contributed by atoms with Gasteiger partial charge < -0.3 is 14.5 Å². The monoisotopic (exact) mass is 470 g/mol. The van der Waals surface area contributed by atoms with Crippen LogP contribution in [0.4, 0.5) is 0 Å². The predicted octanol–water partition coefficient (Wildman–Crippen LogP) is 7.57. The number of hydrogen-bond acceptors (Lipinski definition) is 3. The Morgan fingerprint density at radius 3 is 2.21 bits per heavy atom. The van der Waals surface area contributed by atoms with Gasteiger partial charge in [-0.15, -0.1) is 0 Å². The Kier molecular flexibility index (Phi) is 13.6. The summed E-state index contributed by atoms with van der Waals surface area (Å²) in [5.74, 6) is 0.890. The lowest BCUT2D eigenvalue weighted by Crippen LogP contribution is -2.32. The molecule has 0 aliphatic rings. The minimum atomic E-state index is 0.242. The summed E-state index contributed by atoms with van der Waals surface area (Å²) in [7, 11) is 4.19. The number of hydrogen-bond donors (Lipinski definition) is 0. The van der Waals surface area contributed by atoms with Crippen LogP contribution in [0.25, 0.3) is 5.57 Å². The van der Waals surface area contributed by atoms with Crippen LogP contribution < -0.4 is 4.74 Å². The van der Waals surface area contributed by atoms with Crippen molar-refractivity contribution in [3.8, 4) is 5.75 Å². The van der Waals surface area contributed by atoms with Gasteiger partial charge in [-0.25, -0.2) is 0 Å². The lowest BCUT2D eigenvalue weighted by Gasteiger charge is -2.23. The van der Waals surface area contributed by atoms with E-state index in [2.05, 4.69) is 95.6 Å². The van der Waals surface area contributed by atoms with Gasteiger partial charge in [-0.3, -0.25) is 0 Å². The maximum atomic E-state index is 5.89. The minimum absolute atomic E-state index is 0.242. The van der Waals surface area contributed by atoms with Crippen LogP contribution in [0.1, 0.15) is 52.2 Å². The molecule has 1 atom stereocenters. The first-order valence-corrected chi connectivity index (χ1v) is 12.4. The Morgan fingerprint density at radius 2 is 1.70 bits per heavy atom. The van der Waals surface area contributed by atoms with Crippen molar-refractivity contribution >= 4 is 17.2 Å². The molecular weight excluding hydrogens is 428 g/mol. The summed E-state index contributed by atoms with van der Waals surface area (Å²) in [6.45, 7) is 17.8. The van der Waals surface area contributed by atoms with Crippen LogP contribution in [0.2, 0.25) is 5.02 Å². The number of allylic oxidation sites excluding steroid dienone is 2. The van der Waals surface area contributed by atoms with Crippen molar-refractivity contribution in [3.05, 3.63) is 83.0 Å². The second kappa shape index (κ2) is 15.6. The van der Waals surface area contributed by atoms with Gasteiger partial charge in [0.1, 0.15) is 11.9 Å². The third-order valence-electron chi connectivity index (χ3n) is 5.58. The molecule has 2 aromatic rings. The smallest absolute Gasteiger partial charge is 0.119 e. The first-order chi connectivity index (χ1) is 15.7. The highest BCUT2D eigenvalue weighted by molar-refractivity contribution is 6.30. The number of likely N-dealkylation sites (N-methyl/N-ethyl adjacent to an activating group) is 1. The third kappa shape index (κ3) is 11.0. The fourth-order valence-corrected chi connectivity index (χ4v) is 3.26. The average molecular weight is 471 g/mol. The molecule has 0 N–H and O–H groups in total. The Hall–Kier alpha value is -2.23. The molecule has 2 aromatic carbocycles. The lowest BCUT2D eigenvalue weighted by molar-refractivity contribution is 0.147. The van der Waals surface area contributed by atoms with Crippen molar-refractivity contribution in [1.82, 2.24) is 9.80 Å². The normalized spacial score (nSPS) is 12.1. The molecule has 0 aromatic heterocycles. The maximum Gasteiger partial charge on any atom is 0.119 e. The molecular formula is C29H43ClN2O. The Labute approximate surface area is 207 Å². The van der Waals surface area contributed by atoms with E-state index in [0.717, 1.165) is 48.8 Å². The van der Waals surface area contributed by atoms with Gasteiger partial charge in [0.05, 0.1) is 0 Å². The van der Waals surface area contributed by atoms with E-state index < -0.39 is 0 Å². The number of benzene rings is 2. The van der Waals surface area contributed by atoms with Crippen molar-refractivity contribution < 1.29 is 4.74 Å². The molecule has 1 unspecified atom stereocenters. The molecule has 0 aliphatic heterocycles. The van der Waals surface area contributed by atoms with Crippen LogP contribution in [0, 0.1) is 0 Å². The topological polar surface area (TPSA) is 15.7 Å². The molecule has 0 bridgehead atoms. The number of aryl methyl sites for hydroxylation is 1. The molecule has 0 saturated carbocycles. The van der Waals surface area contributed by atoms with Gasteiger partial charge in [0, 0.05) is 31.4 Å². The van der Waals surface area contributed by atoms with Crippen LogP contribution in [0.5, 0.6) is 5.75 Å². The first kappa shape index (κ1) is 28.8. The Bertz CT molecular complexity index is 860. The zero-order valence-electron chi connectivity index (χ0n) is 21.7. The highest BCUT2D eigenvalue weighted by Crippen LogP contribution is 2.23. The summed E-state index contributed by atoms with van der Waals surface area (Å²) < 4.78 is 5.89. The van der Waals surface area contributed by atoms with Crippen molar-refractivity contribution in [2.75, 3.05) is 33.7 Å². The lowest BCUT2D eigenvalue weighted by atomic mass is 9.98. The van der Waals surface area contributed by atoms with E-state index >= 15 is 0 Å². The Balaban J connectivity index is 0.000000331. The van der Waals surface area contributed by atoms with Crippen LogP contribution in [-0.2, 0) is 6.42 Å². The van der Waals surface area contributed by atoms with Crippen molar-refractivity contribution in [1.29, 1.82) is 0 Å². The molecule has 33 heavy (non-hydrogen) atoms. The van der Waals surface area contributed by atoms with E-state index in [4.69, 9.17) is 16.3 Å². The van der Waals surface area contributed by atoms with Crippen LogP contribution in [0.3, 0.4) is 0 Å². The second-order valence-electron chi connectivity index (χ2n) is 8.41. The van der Waals surface area contributed by atoms with E-state index in [-0.39, 0.29) is 6.10 Å². The highest BCUT2D eigenvalue weighted by Gasteiger charge is 2.10. The maximum absolute atomic E-state index is 5.89. The van der Waals surface area contributed by atoms with Crippen molar-refractivity contribution in [2.45, 2.75) is 53.6 Å². The van der Waals surface area contributed by atoms with Gasteiger partial charge in [-0.1, -0.05) is 63.2 Å². The van der Waals surface area contributed by atoms with Crippen LogP contribution in [0.15, 0.2) is 66.9 Å². The largest absolute Gasteiger partial charge is 0.489 e. The molecule has 0 amide bonds. The summed E-state index contributed by atoms with van der Waals surface area (Å²) >= 11 is 5.83.